The van der Waals surface area contributed by atoms with Crippen LogP contribution in [0.5, 0.6) is 0 Å². The van der Waals surface area contributed by atoms with E-state index in [2.05, 4.69) is 10.4 Å². The molecule has 1 atom stereocenters. The second-order valence-electron chi connectivity index (χ2n) is 3.77. The zero-order chi connectivity index (χ0) is 13.6. The van der Waals surface area contributed by atoms with E-state index < -0.39 is 18.0 Å². The fourth-order valence-corrected chi connectivity index (χ4v) is 1.34. The topological polar surface area (TPSA) is 59.3 Å². The van der Waals surface area contributed by atoms with Gasteiger partial charge in [-0.25, -0.2) is 0 Å². The molecular weight excluding hydrogens is 251 g/mol. The van der Waals surface area contributed by atoms with Gasteiger partial charge in [-0.15, -0.1) is 0 Å². The van der Waals surface area contributed by atoms with E-state index >= 15 is 0 Å². The molecule has 1 heterocycles. The lowest BCUT2D eigenvalue weighted by Gasteiger charge is -2.11. The molecule has 0 amide bonds. The Hall–Kier alpha value is -1.12. The SMILES string of the molecule is COCCNCC(O)Cn1ccc(C(F)(F)F)n1. The van der Waals surface area contributed by atoms with Gasteiger partial charge in [-0.1, -0.05) is 0 Å². The van der Waals surface area contributed by atoms with E-state index in [0.29, 0.717) is 13.2 Å². The maximum Gasteiger partial charge on any atom is 0.435 e. The van der Waals surface area contributed by atoms with Gasteiger partial charge in [0.2, 0.25) is 0 Å². The van der Waals surface area contributed by atoms with Crippen LogP contribution in [-0.2, 0) is 17.5 Å². The molecule has 0 fully saturated rings. The van der Waals surface area contributed by atoms with Crippen LogP contribution in [0.2, 0.25) is 0 Å². The molecule has 0 aliphatic heterocycles. The number of halogens is 3. The van der Waals surface area contributed by atoms with E-state index in [4.69, 9.17) is 4.74 Å². The van der Waals surface area contributed by atoms with Gasteiger partial charge in [-0.3, -0.25) is 4.68 Å². The number of alkyl halides is 3. The Bertz CT molecular complexity index is 354. The molecule has 1 rings (SSSR count). The van der Waals surface area contributed by atoms with Crippen LogP contribution >= 0.6 is 0 Å². The van der Waals surface area contributed by atoms with Crippen molar-refractivity contribution in [3.8, 4) is 0 Å². The highest BCUT2D eigenvalue weighted by molar-refractivity contribution is 5.03. The molecule has 1 unspecified atom stereocenters. The Morgan fingerprint density at radius 3 is 2.83 bits per heavy atom. The van der Waals surface area contributed by atoms with Gasteiger partial charge in [0.05, 0.1) is 19.3 Å². The summed E-state index contributed by atoms with van der Waals surface area (Å²) in [6.45, 7) is 1.35. The van der Waals surface area contributed by atoms with Gasteiger partial charge in [-0.2, -0.15) is 18.3 Å². The second-order valence-corrected chi connectivity index (χ2v) is 3.77. The summed E-state index contributed by atoms with van der Waals surface area (Å²) in [5.74, 6) is 0. The lowest BCUT2D eigenvalue weighted by Crippen LogP contribution is -2.32. The number of rotatable bonds is 7. The number of nitrogens with one attached hydrogen (secondary N) is 1. The van der Waals surface area contributed by atoms with Gasteiger partial charge < -0.3 is 15.2 Å². The van der Waals surface area contributed by atoms with Gasteiger partial charge in [0.15, 0.2) is 5.69 Å². The third-order valence-corrected chi connectivity index (χ3v) is 2.19. The highest BCUT2D eigenvalue weighted by Gasteiger charge is 2.33. The maximum absolute atomic E-state index is 12.3. The minimum atomic E-state index is -4.45. The molecule has 0 aliphatic rings. The predicted octanol–water partition coefficient (Wildman–Crippen LogP) is 0.499. The summed E-state index contributed by atoms with van der Waals surface area (Å²) in [6, 6.07) is 0.880. The van der Waals surface area contributed by atoms with Crippen LogP contribution in [-0.4, -0.2) is 47.8 Å². The Balaban J connectivity index is 2.35. The molecule has 1 aromatic rings. The molecule has 104 valence electrons. The van der Waals surface area contributed by atoms with Crippen LogP contribution in [0.4, 0.5) is 13.2 Å². The minimum Gasteiger partial charge on any atom is -0.390 e. The van der Waals surface area contributed by atoms with Crippen LogP contribution in [0.3, 0.4) is 0 Å². The van der Waals surface area contributed by atoms with Crippen molar-refractivity contribution in [1.29, 1.82) is 0 Å². The van der Waals surface area contributed by atoms with E-state index in [9.17, 15) is 18.3 Å². The van der Waals surface area contributed by atoms with Crippen molar-refractivity contribution >= 4 is 0 Å². The monoisotopic (exact) mass is 267 g/mol. The summed E-state index contributed by atoms with van der Waals surface area (Å²) >= 11 is 0. The first-order chi connectivity index (χ1) is 8.43. The summed E-state index contributed by atoms with van der Waals surface area (Å²) in [7, 11) is 1.56. The largest absolute Gasteiger partial charge is 0.435 e. The van der Waals surface area contributed by atoms with Gasteiger partial charge >= 0.3 is 6.18 Å². The quantitative estimate of drug-likeness (QED) is 0.706. The van der Waals surface area contributed by atoms with Crippen molar-refractivity contribution < 1.29 is 23.0 Å². The van der Waals surface area contributed by atoms with Crippen molar-refractivity contribution in [2.75, 3.05) is 26.8 Å². The first-order valence-electron chi connectivity index (χ1n) is 5.42. The van der Waals surface area contributed by atoms with Crippen molar-refractivity contribution in [2.24, 2.45) is 0 Å². The Morgan fingerprint density at radius 1 is 1.56 bits per heavy atom. The molecule has 0 saturated carbocycles. The molecule has 8 heteroatoms. The van der Waals surface area contributed by atoms with Crippen molar-refractivity contribution in [3.05, 3.63) is 18.0 Å². The van der Waals surface area contributed by atoms with E-state index in [0.717, 1.165) is 10.7 Å². The summed E-state index contributed by atoms with van der Waals surface area (Å²) in [6.07, 6.45) is -4.06. The third-order valence-electron chi connectivity index (χ3n) is 2.19. The normalized spacial score (nSPS) is 13.8. The molecular formula is C10H16F3N3O2. The van der Waals surface area contributed by atoms with Gasteiger partial charge in [-0.05, 0) is 6.07 Å². The molecule has 0 aromatic carbocycles. The number of aliphatic hydroxyl groups is 1. The van der Waals surface area contributed by atoms with Gasteiger partial charge in [0, 0.05) is 26.4 Å². The fraction of sp³-hybridized carbons (Fsp3) is 0.700. The first-order valence-corrected chi connectivity index (χ1v) is 5.42. The fourth-order valence-electron chi connectivity index (χ4n) is 1.34. The molecule has 1 aromatic heterocycles. The molecule has 18 heavy (non-hydrogen) atoms. The van der Waals surface area contributed by atoms with E-state index in [1.54, 1.807) is 7.11 Å². The number of ether oxygens (including phenoxy) is 1. The number of hydrogen-bond acceptors (Lipinski definition) is 4. The summed E-state index contributed by atoms with van der Waals surface area (Å²) in [4.78, 5) is 0. The average molecular weight is 267 g/mol. The molecule has 0 spiro atoms. The molecule has 0 radical (unpaired) electrons. The second kappa shape index (κ2) is 6.72. The summed E-state index contributed by atoms with van der Waals surface area (Å²) in [5, 5.41) is 15.8. The van der Waals surface area contributed by atoms with Gasteiger partial charge in [0.1, 0.15) is 0 Å². The molecule has 0 aliphatic carbocycles. The highest BCUT2D eigenvalue weighted by Crippen LogP contribution is 2.27. The summed E-state index contributed by atoms with van der Waals surface area (Å²) < 4.78 is 42.7. The predicted molar refractivity (Wildman–Crippen MR) is 58.0 cm³/mol. The van der Waals surface area contributed by atoms with Crippen LogP contribution < -0.4 is 5.32 Å². The third kappa shape index (κ3) is 5.03. The van der Waals surface area contributed by atoms with Crippen LogP contribution in [0.15, 0.2) is 12.3 Å². The first kappa shape index (κ1) is 14.9. The number of aromatic nitrogens is 2. The summed E-state index contributed by atoms with van der Waals surface area (Å²) in [5.41, 5.74) is -0.956. The maximum atomic E-state index is 12.3. The van der Waals surface area contributed by atoms with Crippen molar-refractivity contribution in [2.45, 2.75) is 18.8 Å². The number of aliphatic hydroxyl groups excluding tert-OH is 1. The lowest BCUT2D eigenvalue weighted by atomic mass is 10.3. The Labute approximate surface area is 103 Å². The lowest BCUT2D eigenvalue weighted by molar-refractivity contribution is -0.141. The molecule has 5 nitrogen and oxygen atoms in total. The zero-order valence-electron chi connectivity index (χ0n) is 9.94. The minimum absolute atomic E-state index is 0.00998. The van der Waals surface area contributed by atoms with Crippen LogP contribution in [0, 0.1) is 0 Å². The molecule has 2 N–H and O–H groups in total. The van der Waals surface area contributed by atoms with Gasteiger partial charge in [0.25, 0.3) is 0 Å². The number of methoxy groups -OCH3 is 1. The highest BCUT2D eigenvalue weighted by atomic mass is 19.4. The zero-order valence-corrected chi connectivity index (χ0v) is 9.94. The average Bonchev–Trinajstić information content (AvgIpc) is 2.72. The molecule has 0 bridgehead atoms. The van der Waals surface area contributed by atoms with Crippen molar-refractivity contribution in [1.82, 2.24) is 15.1 Å². The Morgan fingerprint density at radius 2 is 2.28 bits per heavy atom. The van der Waals surface area contributed by atoms with Crippen molar-refractivity contribution in [3.63, 3.8) is 0 Å². The van der Waals surface area contributed by atoms with Crippen LogP contribution in [0.25, 0.3) is 0 Å². The van der Waals surface area contributed by atoms with Crippen LogP contribution in [0.1, 0.15) is 5.69 Å². The van der Waals surface area contributed by atoms with E-state index in [-0.39, 0.29) is 13.1 Å². The number of nitrogens with zero attached hydrogens (tertiary/aromatic N) is 2. The smallest absolute Gasteiger partial charge is 0.390 e. The number of hydrogen-bond donors (Lipinski definition) is 2. The molecule has 0 saturated heterocycles. The van der Waals surface area contributed by atoms with E-state index in [1.165, 1.54) is 6.20 Å². The van der Waals surface area contributed by atoms with E-state index in [1.807, 2.05) is 0 Å². The Kier molecular flexibility index (Phi) is 5.57. The standard InChI is InChI=1S/C10H16F3N3O2/c1-18-5-3-14-6-8(17)7-16-4-2-9(15-16)10(11,12)13/h2,4,8,14,17H,3,5-7H2,1H3.